The van der Waals surface area contributed by atoms with Crippen molar-refractivity contribution in [2.45, 2.75) is 79.2 Å². The number of phenolic OH excluding ortho intramolecular Hbond substituents is 1. The minimum absolute atomic E-state index is 0.202. The van der Waals surface area contributed by atoms with Gasteiger partial charge in [-0.2, -0.15) is 0 Å². The van der Waals surface area contributed by atoms with Crippen LogP contribution in [-0.2, 0) is 20.4 Å². The Hall–Kier alpha value is -2.50. The number of ether oxygens (including phenoxy) is 1. The normalized spacial score (nSPS) is 17.7. The van der Waals surface area contributed by atoms with Gasteiger partial charge in [-0.1, -0.05) is 55.4 Å². The second-order valence-corrected chi connectivity index (χ2v) is 10.5. The average Bonchev–Trinajstić information content (AvgIpc) is 2.57. The molecule has 2 rings (SSSR count). The van der Waals surface area contributed by atoms with Gasteiger partial charge >= 0.3 is 12.0 Å². The average molecular weight is 417 g/mol. The molecule has 166 valence electrons. The molecule has 1 aromatic carbocycles. The highest BCUT2D eigenvalue weighted by Crippen LogP contribution is 2.42. The molecule has 0 fully saturated rings. The summed E-state index contributed by atoms with van der Waals surface area (Å²) < 4.78 is 5.48. The van der Waals surface area contributed by atoms with Gasteiger partial charge in [0.15, 0.2) is 0 Å². The smallest absolute Gasteiger partial charge is 0.338 e. The number of hydrogen-bond acceptors (Lipinski definition) is 4. The van der Waals surface area contributed by atoms with E-state index in [1.807, 2.05) is 67.5 Å². The van der Waals surface area contributed by atoms with Crippen LogP contribution in [0, 0.1) is 5.92 Å². The van der Waals surface area contributed by atoms with E-state index in [-0.39, 0.29) is 28.5 Å². The van der Waals surface area contributed by atoms with E-state index in [4.69, 9.17) is 4.74 Å². The van der Waals surface area contributed by atoms with Gasteiger partial charge in [-0.3, -0.25) is 0 Å². The third-order valence-corrected chi connectivity index (χ3v) is 5.12. The molecule has 1 aliphatic heterocycles. The summed E-state index contributed by atoms with van der Waals surface area (Å²) in [5.41, 5.74) is 2.48. The highest BCUT2D eigenvalue weighted by Gasteiger charge is 2.35. The molecule has 0 saturated carbocycles. The first-order valence-corrected chi connectivity index (χ1v) is 10.5. The van der Waals surface area contributed by atoms with Crippen molar-refractivity contribution in [3.63, 3.8) is 0 Å². The Morgan fingerprint density at radius 1 is 1.10 bits per heavy atom. The molecule has 30 heavy (non-hydrogen) atoms. The maximum Gasteiger partial charge on any atom is 0.338 e. The molecule has 0 aliphatic carbocycles. The lowest BCUT2D eigenvalue weighted by Gasteiger charge is -2.32. The van der Waals surface area contributed by atoms with Gasteiger partial charge in [-0.15, -0.1) is 0 Å². The largest absolute Gasteiger partial charge is 0.507 e. The van der Waals surface area contributed by atoms with Crippen LogP contribution in [0.2, 0.25) is 0 Å². The van der Waals surface area contributed by atoms with Crippen molar-refractivity contribution in [1.82, 2.24) is 10.6 Å². The fraction of sp³-hybridized carbons (Fsp3) is 0.583. The van der Waals surface area contributed by atoms with Crippen molar-refractivity contribution in [1.29, 1.82) is 0 Å². The number of allylic oxidation sites excluding steroid dienone is 1. The molecular weight excluding hydrogens is 380 g/mol. The van der Waals surface area contributed by atoms with Gasteiger partial charge in [-0.05, 0) is 52.5 Å². The van der Waals surface area contributed by atoms with Crippen LogP contribution >= 0.6 is 0 Å². The molecule has 0 saturated heterocycles. The molecule has 0 radical (unpaired) electrons. The first kappa shape index (κ1) is 23.8. The third-order valence-electron chi connectivity index (χ3n) is 5.12. The Kier molecular flexibility index (Phi) is 6.60. The maximum atomic E-state index is 12.9. The molecule has 1 heterocycles. The Balaban J connectivity index is 2.68. The summed E-state index contributed by atoms with van der Waals surface area (Å²) in [6.07, 6.45) is 0. The fourth-order valence-corrected chi connectivity index (χ4v) is 3.50. The number of rotatable bonds is 4. The molecule has 6 nitrogen and oxygen atoms in total. The van der Waals surface area contributed by atoms with Crippen LogP contribution in [0.15, 0.2) is 23.4 Å². The minimum atomic E-state index is -0.666. The summed E-state index contributed by atoms with van der Waals surface area (Å²) in [6, 6.07) is 2.72. The molecule has 0 bridgehead atoms. The number of benzene rings is 1. The lowest BCUT2D eigenvalue weighted by Crippen LogP contribution is -2.45. The first-order valence-electron chi connectivity index (χ1n) is 10.5. The zero-order valence-electron chi connectivity index (χ0n) is 19.7. The topological polar surface area (TPSA) is 87.7 Å². The fourth-order valence-electron chi connectivity index (χ4n) is 3.50. The van der Waals surface area contributed by atoms with E-state index in [0.29, 0.717) is 17.9 Å². The van der Waals surface area contributed by atoms with Crippen molar-refractivity contribution < 1.29 is 19.4 Å². The number of hydrogen-bond donors (Lipinski definition) is 3. The number of carbonyl (C=O) groups excluding carboxylic acids is 2. The highest BCUT2D eigenvalue weighted by atomic mass is 16.5. The van der Waals surface area contributed by atoms with E-state index in [9.17, 15) is 14.7 Å². The number of nitrogens with one attached hydrogen (secondary N) is 2. The number of esters is 1. The summed E-state index contributed by atoms with van der Waals surface area (Å²) >= 11 is 0. The van der Waals surface area contributed by atoms with Gasteiger partial charge < -0.3 is 20.5 Å². The molecule has 1 aromatic rings. The standard InChI is InChI=1S/C24H36N2O4/c1-13(2)12-30-21(28)18-14(3)25-22(29)26-19(18)15-10-16(23(4,5)6)20(27)17(11-15)24(7,8)9/h10-11,13,19,27H,12H2,1-9H3,(H2,25,26,29). The van der Waals surface area contributed by atoms with Gasteiger partial charge in [-0.25, -0.2) is 9.59 Å². The molecule has 1 aliphatic rings. The molecule has 2 amide bonds. The zero-order chi connectivity index (χ0) is 23.0. The third kappa shape index (κ3) is 5.15. The van der Waals surface area contributed by atoms with Crippen molar-refractivity contribution in [2.75, 3.05) is 6.61 Å². The molecule has 1 unspecified atom stereocenters. The Morgan fingerprint density at radius 3 is 2.03 bits per heavy atom. The van der Waals surface area contributed by atoms with E-state index >= 15 is 0 Å². The van der Waals surface area contributed by atoms with Crippen LogP contribution in [0.25, 0.3) is 0 Å². The quantitative estimate of drug-likeness (QED) is 0.615. The van der Waals surface area contributed by atoms with Gasteiger partial charge in [0.2, 0.25) is 0 Å². The van der Waals surface area contributed by atoms with Crippen LogP contribution in [0.5, 0.6) is 5.75 Å². The molecule has 6 heteroatoms. The molecule has 1 atom stereocenters. The predicted octanol–water partition coefficient (Wildman–Crippen LogP) is 4.81. The summed E-state index contributed by atoms with van der Waals surface area (Å²) in [4.78, 5) is 25.2. The van der Waals surface area contributed by atoms with Gasteiger partial charge in [0.1, 0.15) is 5.75 Å². The van der Waals surface area contributed by atoms with E-state index in [2.05, 4.69) is 10.6 Å². The maximum absolute atomic E-state index is 12.9. The van der Waals surface area contributed by atoms with Crippen LogP contribution in [0.3, 0.4) is 0 Å². The summed E-state index contributed by atoms with van der Waals surface area (Å²) in [5.74, 6) is -0.00172. The Morgan fingerprint density at radius 2 is 1.60 bits per heavy atom. The number of urea groups is 1. The summed E-state index contributed by atoms with van der Waals surface area (Å²) in [7, 11) is 0. The minimum Gasteiger partial charge on any atom is -0.507 e. The first-order chi connectivity index (χ1) is 13.6. The SMILES string of the molecule is CC1=C(C(=O)OCC(C)C)C(c2cc(C(C)(C)C)c(O)c(C(C)(C)C)c2)NC(=O)N1. The lowest BCUT2D eigenvalue weighted by atomic mass is 9.77. The predicted molar refractivity (Wildman–Crippen MR) is 118 cm³/mol. The second kappa shape index (κ2) is 8.32. The van der Waals surface area contributed by atoms with Crippen LogP contribution in [-0.4, -0.2) is 23.7 Å². The number of aromatic hydroxyl groups is 1. The summed E-state index contributed by atoms with van der Waals surface area (Å²) in [6.45, 7) is 18.1. The lowest BCUT2D eigenvalue weighted by molar-refractivity contribution is -0.140. The second-order valence-electron chi connectivity index (χ2n) is 10.5. The molecule has 0 spiro atoms. The van der Waals surface area contributed by atoms with Gasteiger partial charge in [0.25, 0.3) is 0 Å². The van der Waals surface area contributed by atoms with Crippen LogP contribution in [0.4, 0.5) is 4.79 Å². The van der Waals surface area contributed by atoms with Gasteiger partial charge in [0, 0.05) is 5.70 Å². The molecule has 3 N–H and O–H groups in total. The molecule has 0 aromatic heterocycles. The zero-order valence-corrected chi connectivity index (χ0v) is 19.7. The summed E-state index contributed by atoms with van der Waals surface area (Å²) in [5, 5.41) is 16.6. The van der Waals surface area contributed by atoms with E-state index in [1.54, 1.807) is 6.92 Å². The van der Waals surface area contributed by atoms with E-state index in [1.165, 1.54) is 0 Å². The van der Waals surface area contributed by atoms with Crippen LogP contribution in [0.1, 0.15) is 85.0 Å². The monoisotopic (exact) mass is 416 g/mol. The van der Waals surface area contributed by atoms with Gasteiger partial charge in [0.05, 0.1) is 18.2 Å². The van der Waals surface area contributed by atoms with Crippen molar-refractivity contribution in [2.24, 2.45) is 5.92 Å². The number of phenols is 1. The van der Waals surface area contributed by atoms with Crippen molar-refractivity contribution in [3.05, 3.63) is 40.1 Å². The van der Waals surface area contributed by atoms with Crippen molar-refractivity contribution >= 4 is 12.0 Å². The molecular formula is C24H36N2O4. The van der Waals surface area contributed by atoms with Crippen molar-refractivity contribution in [3.8, 4) is 5.75 Å². The Bertz CT molecular complexity index is 835. The van der Waals surface area contributed by atoms with E-state index < -0.39 is 12.0 Å². The highest BCUT2D eigenvalue weighted by molar-refractivity contribution is 5.95. The number of carbonyl (C=O) groups is 2. The Labute approximate surface area is 180 Å². The van der Waals surface area contributed by atoms with Crippen LogP contribution < -0.4 is 10.6 Å². The number of amides is 2. The van der Waals surface area contributed by atoms with E-state index in [0.717, 1.165) is 16.7 Å².